The summed E-state index contributed by atoms with van der Waals surface area (Å²) in [5, 5.41) is 8.36. The maximum absolute atomic E-state index is 6.18. The van der Waals surface area contributed by atoms with E-state index in [0.717, 1.165) is 6.04 Å². The van der Waals surface area contributed by atoms with E-state index in [-0.39, 0.29) is 5.28 Å². The zero-order valence-corrected chi connectivity index (χ0v) is 15.8. The molecular weight excluding hydrogens is 376 g/mol. The Hall–Kier alpha value is -0.703. The number of ether oxygens (including phenoxy) is 2. The normalized spacial score (nSPS) is 12.1. The molecule has 0 unspecified atom stereocenters. The summed E-state index contributed by atoms with van der Waals surface area (Å²) in [5.74, 6) is 0.983. The Morgan fingerprint density at radius 1 is 1.29 bits per heavy atom. The van der Waals surface area contributed by atoms with Crippen molar-refractivity contribution in [3.05, 3.63) is 9.89 Å². The van der Waals surface area contributed by atoms with Crippen LogP contribution >= 0.6 is 27.5 Å². The van der Waals surface area contributed by atoms with Crippen LogP contribution in [0.25, 0.3) is 11.4 Å². The van der Waals surface area contributed by atoms with Gasteiger partial charge < -0.3 is 9.47 Å². The molecule has 0 aromatic rings. The van der Waals surface area contributed by atoms with E-state index in [0.29, 0.717) is 35.2 Å². The van der Waals surface area contributed by atoms with E-state index in [1.165, 1.54) is 7.11 Å². The molecule has 0 aliphatic carbocycles. The van der Waals surface area contributed by atoms with Crippen LogP contribution < -0.4 is 4.74 Å². The number of aromatic nitrogens is 4. The van der Waals surface area contributed by atoms with Gasteiger partial charge in [-0.1, -0.05) is 19.6 Å². The number of methoxy groups -OCH3 is 1. The van der Waals surface area contributed by atoms with Gasteiger partial charge in [0.05, 0.1) is 7.11 Å². The van der Waals surface area contributed by atoms with Gasteiger partial charge in [-0.2, -0.15) is 4.98 Å². The number of fused-ring (bicyclic) bond motifs is 1. The Balaban J connectivity index is 2.18. The van der Waals surface area contributed by atoms with Crippen molar-refractivity contribution in [3.8, 4) is 17.3 Å². The summed E-state index contributed by atoms with van der Waals surface area (Å²) in [6, 6.07) is 1.09. The first-order chi connectivity index (χ1) is 9.83. The minimum atomic E-state index is -1.11. The average molecular weight is 394 g/mol. The van der Waals surface area contributed by atoms with Crippen LogP contribution in [0.2, 0.25) is 31.0 Å². The first-order valence-corrected chi connectivity index (χ1v) is 11.4. The van der Waals surface area contributed by atoms with Gasteiger partial charge in [0.15, 0.2) is 5.82 Å². The molecule has 0 spiro atoms. The molecule has 0 fully saturated rings. The SMILES string of the molecule is COc1nc(Cl)n(COCC[Si](C)(C)C)c2nnc(Br)c1-2. The van der Waals surface area contributed by atoms with E-state index in [1.54, 1.807) is 4.57 Å². The summed E-state index contributed by atoms with van der Waals surface area (Å²) < 4.78 is 13.2. The highest BCUT2D eigenvalue weighted by atomic mass is 79.9. The molecule has 2 rings (SSSR count). The monoisotopic (exact) mass is 392 g/mol. The summed E-state index contributed by atoms with van der Waals surface area (Å²) >= 11 is 9.52. The van der Waals surface area contributed by atoms with Crippen LogP contribution in [0.4, 0.5) is 0 Å². The van der Waals surface area contributed by atoms with Gasteiger partial charge in [-0.25, -0.2) is 0 Å². The number of nitrogens with zero attached hydrogens (tertiary/aromatic N) is 4. The molecule has 0 saturated heterocycles. The summed E-state index contributed by atoms with van der Waals surface area (Å²) in [7, 11) is 0.422. The molecule has 0 N–H and O–H groups in total. The van der Waals surface area contributed by atoms with Crippen molar-refractivity contribution in [1.82, 2.24) is 19.7 Å². The highest BCUT2D eigenvalue weighted by molar-refractivity contribution is 9.10. The average Bonchev–Trinajstić information content (AvgIpc) is 2.77. The fraction of sp³-hybridized carbons (Fsp3) is 0.583. The quantitative estimate of drug-likeness (QED) is 0.427. The van der Waals surface area contributed by atoms with Gasteiger partial charge in [-0.15, -0.1) is 10.2 Å². The molecule has 0 bridgehead atoms. The molecule has 21 heavy (non-hydrogen) atoms. The third kappa shape index (κ3) is 3.94. The van der Waals surface area contributed by atoms with Crippen LogP contribution in [0, 0.1) is 0 Å². The minimum Gasteiger partial charge on any atom is -0.480 e. The fourth-order valence-corrected chi connectivity index (χ4v) is 3.13. The molecule has 2 aliphatic heterocycles. The molecule has 0 atom stereocenters. The van der Waals surface area contributed by atoms with Gasteiger partial charge in [0, 0.05) is 14.7 Å². The predicted octanol–water partition coefficient (Wildman–Crippen LogP) is 3.51. The van der Waals surface area contributed by atoms with Crippen molar-refractivity contribution < 1.29 is 9.47 Å². The van der Waals surface area contributed by atoms with Crippen molar-refractivity contribution in [2.24, 2.45) is 0 Å². The number of hydrogen-bond donors (Lipinski definition) is 0. The van der Waals surface area contributed by atoms with Gasteiger partial charge >= 0.3 is 0 Å². The topological polar surface area (TPSA) is 62.1 Å². The van der Waals surface area contributed by atoms with E-state index in [4.69, 9.17) is 21.1 Å². The third-order valence-corrected chi connectivity index (χ3v) is 5.51. The lowest BCUT2D eigenvalue weighted by molar-refractivity contribution is 0.0866. The van der Waals surface area contributed by atoms with Crippen molar-refractivity contribution in [2.45, 2.75) is 32.4 Å². The maximum atomic E-state index is 6.18. The van der Waals surface area contributed by atoms with Crippen LogP contribution in [-0.2, 0) is 11.5 Å². The molecule has 0 aromatic carbocycles. The molecular formula is C12H18BrClN4O2Si. The second-order valence-electron chi connectivity index (χ2n) is 5.86. The molecule has 0 saturated carbocycles. The Bertz CT molecular complexity index is 602. The second kappa shape index (κ2) is 6.60. The highest BCUT2D eigenvalue weighted by Crippen LogP contribution is 2.36. The summed E-state index contributed by atoms with van der Waals surface area (Å²) in [4.78, 5) is 4.21. The lowest BCUT2D eigenvalue weighted by atomic mass is 10.3. The smallest absolute Gasteiger partial charge is 0.230 e. The Morgan fingerprint density at radius 3 is 2.62 bits per heavy atom. The molecule has 9 heteroatoms. The van der Waals surface area contributed by atoms with E-state index in [1.807, 2.05) is 0 Å². The predicted molar refractivity (Wildman–Crippen MR) is 87.8 cm³/mol. The summed E-state index contributed by atoms with van der Waals surface area (Å²) in [6.45, 7) is 7.92. The molecule has 0 amide bonds. The van der Waals surface area contributed by atoms with E-state index < -0.39 is 8.07 Å². The lowest BCUT2D eigenvalue weighted by Gasteiger charge is -2.18. The Labute approximate surface area is 138 Å². The summed E-state index contributed by atoms with van der Waals surface area (Å²) in [6.07, 6.45) is 0. The van der Waals surface area contributed by atoms with Crippen molar-refractivity contribution in [3.63, 3.8) is 0 Å². The van der Waals surface area contributed by atoms with Gasteiger partial charge in [0.2, 0.25) is 11.2 Å². The van der Waals surface area contributed by atoms with Gasteiger partial charge in [0.25, 0.3) is 0 Å². The third-order valence-electron chi connectivity index (χ3n) is 2.96. The summed E-state index contributed by atoms with van der Waals surface area (Å²) in [5.41, 5.74) is 0.690. The minimum absolute atomic E-state index is 0.264. The first kappa shape index (κ1) is 16.7. The standard InChI is InChI=1S/C12H18BrClN4O2Si/c1-19-11-8-9(13)16-17-10(8)18(12(14)15-11)7-20-5-6-21(2,3)4/h5-7H2,1-4H3. The zero-order valence-electron chi connectivity index (χ0n) is 12.5. The molecule has 2 heterocycles. The Morgan fingerprint density at radius 2 is 2.00 bits per heavy atom. The number of hydrogen-bond acceptors (Lipinski definition) is 5. The number of rotatable bonds is 6. The van der Waals surface area contributed by atoms with E-state index in [9.17, 15) is 0 Å². The van der Waals surface area contributed by atoms with Crippen LogP contribution in [0.5, 0.6) is 5.88 Å². The van der Waals surface area contributed by atoms with Crippen molar-refractivity contribution in [1.29, 1.82) is 0 Å². The fourth-order valence-electron chi connectivity index (χ4n) is 1.74. The zero-order chi connectivity index (χ0) is 15.6. The van der Waals surface area contributed by atoms with Crippen molar-refractivity contribution >= 4 is 35.6 Å². The molecule has 6 nitrogen and oxygen atoms in total. The van der Waals surface area contributed by atoms with Gasteiger partial charge in [0.1, 0.15) is 16.9 Å². The number of halogens is 2. The van der Waals surface area contributed by atoms with E-state index in [2.05, 4.69) is 50.8 Å². The Kier molecular flexibility index (Phi) is 5.23. The van der Waals surface area contributed by atoms with Crippen LogP contribution in [0.15, 0.2) is 4.60 Å². The highest BCUT2D eigenvalue weighted by Gasteiger charge is 2.24. The maximum Gasteiger partial charge on any atom is 0.230 e. The van der Waals surface area contributed by atoms with E-state index >= 15 is 0 Å². The van der Waals surface area contributed by atoms with Crippen LogP contribution in [0.1, 0.15) is 0 Å². The van der Waals surface area contributed by atoms with Gasteiger partial charge in [-0.05, 0) is 33.6 Å². The molecule has 0 radical (unpaired) electrons. The largest absolute Gasteiger partial charge is 0.480 e. The van der Waals surface area contributed by atoms with Crippen molar-refractivity contribution in [2.75, 3.05) is 13.7 Å². The second-order valence-corrected chi connectivity index (χ2v) is 12.6. The molecule has 116 valence electrons. The van der Waals surface area contributed by atoms with Crippen LogP contribution in [-0.4, -0.2) is 41.5 Å². The van der Waals surface area contributed by atoms with Crippen LogP contribution in [0.3, 0.4) is 0 Å². The lowest BCUT2D eigenvalue weighted by Crippen LogP contribution is -2.22. The molecule has 2 aliphatic rings. The van der Waals surface area contributed by atoms with Gasteiger partial charge in [-0.3, -0.25) is 4.57 Å². The molecule has 0 aromatic heterocycles. The first-order valence-electron chi connectivity index (χ1n) is 6.53.